The third-order valence-electron chi connectivity index (χ3n) is 3.85. The molecule has 0 radical (unpaired) electrons. The Morgan fingerprint density at radius 1 is 1.26 bits per heavy atom. The third kappa shape index (κ3) is 4.05. The van der Waals surface area contributed by atoms with Gasteiger partial charge in [-0.15, -0.1) is 0 Å². The van der Waals surface area contributed by atoms with Crippen LogP contribution in [0.1, 0.15) is 12.2 Å². The molecule has 1 atom stereocenters. The standard InChI is InChI=1S/C14H21N5O4/c1-21-14-17-11(8-15-12(20)10-2-5-23-9-10)16-13(18-14)19-3-6-22-7-4-19/h10H,2-9H2,1H3,(H,15,20). The normalized spacial score (nSPS) is 21.3. The summed E-state index contributed by atoms with van der Waals surface area (Å²) in [6.45, 7) is 4.08. The first-order chi connectivity index (χ1) is 11.3. The number of hydrogen-bond donors (Lipinski definition) is 1. The summed E-state index contributed by atoms with van der Waals surface area (Å²) < 4.78 is 15.7. The molecule has 2 aliphatic heterocycles. The van der Waals surface area contributed by atoms with Crippen molar-refractivity contribution in [3.63, 3.8) is 0 Å². The average Bonchev–Trinajstić information content (AvgIpc) is 3.15. The van der Waals surface area contributed by atoms with Gasteiger partial charge in [0.15, 0.2) is 5.82 Å². The summed E-state index contributed by atoms with van der Waals surface area (Å²) in [5, 5.41) is 2.85. The van der Waals surface area contributed by atoms with Crippen LogP contribution in [0.5, 0.6) is 6.01 Å². The number of ether oxygens (including phenoxy) is 3. The first-order valence-electron chi connectivity index (χ1n) is 7.73. The molecule has 126 valence electrons. The van der Waals surface area contributed by atoms with E-state index in [0.29, 0.717) is 38.2 Å². The molecule has 1 aromatic heterocycles. The quantitative estimate of drug-likeness (QED) is 0.765. The number of nitrogens with one attached hydrogen (secondary N) is 1. The molecule has 9 nitrogen and oxygen atoms in total. The van der Waals surface area contributed by atoms with E-state index in [4.69, 9.17) is 14.2 Å². The fourth-order valence-corrected chi connectivity index (χ4v) is 2.51. The van der Waals surface area contributed by atoms with Gasteiger partial charge >= 0.3 is 6.01 Å². The molecule has 0 aliphatic carbocycles. The number of methoxy groups -OCH3 is 1. The Labute approximate surface area is 134 Å². The molecule has 3 rings (SSSR count). The maximum absolute atomic E-state index is 12.0. The number of anilines is 1. The molecule has 0 spiro atoms. The Kier molecular flexibility index (Phi) is 5.19. The second-order valence-electron chi connectivity index (χ2n) is 5.42. The largest absolute Gasteiger partial charge is 0.467 e. The Balaban J connectivity index is 1.66. The van der Waals surface area contributed by atoms with Gasteiger partial charge in [-0.05, 0) is 6.42 Å². The SMILES string of the molecule is COc1nc(CNC(=O)C2CCOC2)nc(N2CCOCC2)n1. The Bertz CT molecular complexity index is 544. The van der Waals surface area contributed by atoms with Crippen LogP contribution in [0.25, 0.3) is 0 Å². The van der Waals surface area contributed by atoms with Gasteiger partial charge in [0.05, 0.1) is 39.4 Å². The van der Waals surface area contributed by atoms with E-state index in [1.807, 2.05) is 4.90 Å². The molecule has 0 aromatic carbocycles. The molecule has 2 aliphatic rings. The van der Waals surface area contributed by atoms with Crippen molar-refractivity contribution in [3.8, 4) is 6.01 Å². The summed E-state index contributed by atoms with van der Waals surface area (Å²) >= 11 is 0. The number of morpholine rings is 1. The maximum Gasteiger partial charge on any atom is 0.321 e. The fourth-order valence-electron chi connectivity index (χ4n) is 2.51. The Morgan fingerprint density at radius 2 is 2.09 bits per heavy atom. The summed E-state index contributed by atoms with van der Waals surface area (Å²) in [5.74, 6) is 0.909. The third-order valence-corrected chi connectivity index (χ3v) is 3.85. The predicted molar refractivity (Wildman–Crippen MR) is 80.2 cm³/mol. The van der Waals surface area contributed by atoms with Crippen LogP contribution in [0.15, 0.2) is 0 Å². The lowest BCUT2D eigenvalue weighted by molar-refractivity contribution is -0.125. The number of rotatable bonds is 5. The molecule has 2 saturated heterocycles. The van der Waals surface area contributed by atoms with Crippen molar-refractivity contribution in [1.29, 1.82) is 0 Å². The van der Waals surface area contributed by atoms with Crippen LogP contribution in [0.2, 0.25) is 0 Å². The number of carbonyl (C=O) groups is 1. The van der Waals surface area contributed by atoms with Gasteiger partial charge in [0.2, 0.25) is 11.9 Å². The highest BCUT2D eigenvalue weighted by atomic mass is 16.5. The van der Waals surface area contributed by atoms with E-state index in [1.54, 1.807) is 0 Å². The van der Waals surface area contributed by atoms with Gasteiger partial charge in [0.1, 0.15) is 0 Å². The minimum atomic E-state index is -0.0857. The van der Waals surface area contributed by atoms with E-state index in [2.05, 4.69) is 20.3 Å². The Morgan fingerprint density at radius 3 is 2.78 bits per heavy atom. The van der Waals surface area contributed by atoms with Crippen molar-refractivity contribution in [2.75, 3.05) is 51.5 Å². The topological polar surface area (TPSA) is 98.7 Å². The van der Waals surface area contributed by atoms with Gasteiger partial charge in [0.25, 0.3) is 0 Å². The highest BCUT2D eigenvalue weighted by molar-refractivity contribution is 5.78. The van der Waals surface area contributed by atoms with E-state index in [0.717, 1.165) is 19.5 Å². The number of hydrogen-bond acceptors (Lipinski definition) is 8. The lowest BCUT2D eigenvalue weighted by atomic mass is 10.1. The van der Waals surface area contributed by atoms with Crippen LogP contribution in [0.3, 0.4) is 0 Å². The monoisotopic (exact) mass is 323 g/mol. The van der Waals surface area contributed by atoms with E-state index < -0.39 is 0 Å². The second-order valence-corrected chi connectivity index (χ2v) is 5.42. The zero-order chi connectivity index (χ0) is 16.1. The molecule has 1 unspecified atom stereocenters. The maximum atomic E-state index is 12.0. The number of nitrogens with zero attached hydrogens (tertiary/aromatic N) is 4. The van der Waals surface area contributed by atoms with Crippen molar-refractivity contribution < 1.29 is 19.0 Å². The van der Waals surface area contributed by atoms with Crippen LogP contribution in [-0.4, -0.2) is 67.5 Å². The van der Waals surface area contributed by atoms with Crippen LogP contribution in [0.4, 0.5) is 5.95 Å². The molecule has 3 heterocycles. The molecule has 2 fully saturated rings. The molecular formula is C14H21N5O4. The highest BCUT2D eigenvalue weighted by Crippen LogP contribution is 2.15. The number of carbonyl (C=O) groups excluding carboxylic acids is 1. The lowest BCUT2D eigenvalue weighted by Gasteiger charge is -2.26. The fraction of sp³-hybridized carbons (Fsp3) is 0.714. The summed E-state index contributed by atoms with van der Waals surface area (Å²) in [7, 11) is 1.51. The Hall–Kier alpha value is -2.00. The van der Waals surface area contributed by atoms with Crippen LogP contribution >= 0.6 is 0 Å². The minimum absolute atomic E-state index is 0.0326. The highest BCUT2D eigenvalue weighted by Gasteiger charge is 2.23. The number of amides is 1. The van der Waals surface area contributed by atoms with E-state index in [1.165, 1.54) is 7.11 Å². The summed E-state index contributed by atoms with van der Waals surface area (Å²) in [6, 6.07) is 0.245. The van der Waals surface area contributed by atoms with Crippen molar-refractivity contribution in [2.24, 2.45) is 5.92 Å². The van der Waals surface area contributed by atoms with Gasteiger partial charge in [0, 0.05) is 19.7 Å². The smallest absolute Gasteiger partial charge is 0.321 e. The van der Waals surface area contributed by atoms with Crippen molar-refractivity contribution >= 4 is 11.9 Å². The van der Waals surface area contributed by atoms with E-state index >= 15 is 0 Å². The first kappa shape index (κ1) is 15.9. The van der Waals surface area contributed by atoms with Gasteiger partial charge in [-0.25, -0.2) is 0 Å². The van der Waals surface area contributed by atoms with Crippen molar-refractivity contribution in [2.45, 2.75) is 13.0 Å². The van der Waals surface area contributed by atoms with Crippen LogP contribution in [0, 0.1) is 5.92 Å². The molecule has 0 bridgehead atoms. The van der Waals surface area contributed by atoms with Gasteiger partial charge in [-0.1, -0.05) is 0 Å². The van der Waals surface area contributed by atoms with Crippen LogP contribution < -0.4 is 15.0 Å². The molecular weight excluding hydrogens is 302 g/mol. The second kappa shape index (κ2) is 7.51. The molecule has 1 aromatic rings. The molecule has 0 saturated carbocycles. The van der Waals surface area contributed by atoms with E-state index in [9.17, 15) is 4.79 Å². The van der Waals surface area contributed by atoms with Crippen molar-refractivity contribution in [1.82, 2.24) is 20.3 Å². The molecule has 1 amide bonds. The zero-order valence-electron chi connectivity index (χ0n) is 13.2. The van der Waals surface area contributed by atoms with E-state index in [-0.39, 0.29) is 24.4 Å². The number of aromatic nitrogens is 3. The predicted octanol–water partition coefficient (Wildman–Crippen LogP) is -0.630. The zero-order valence-corrected chi connectivity index (χ0v) is 13.2. The summed E-state index contributed by atoms with van der Waals surface area (Å²) in [6.07, 6.45) is 0.755. The summed E-state index contributed by atoms with van der Waals surface area (Å²) in [5.41, 5.74) is 0. The average molecular weight is 323 g/mol. The summed E-state index contributed by atoms with van der Waals surface area (Å²) in [4.78, 5) is 27.0. The van der Waals surface area contributed by atoms with Gasteiger partial charge in [-0.2, -0.15) is 15.0 Å². The van der Waals surface area contributed by atoms with Gasteiger partial charge < -0.3 is 24.4 Å². The first-order valence-corrected chi connectivity index (χ1v) is 7.73. The van der Waals surface area contributed by atoms with Crippen molar-refractivity contribution in [3.05, 3.63) is 5.82 Å². The molecule has 9 heteroatoms. The molecule has 23 heavy (non-hydrogen) atoms. The minimum Gasteiger partial charge on any atom is -0.467 e. The van der Waals surface area contributed by atoms with Gasteiger partial charge in [-0.3, -0.25) is 4.79 Å². The van der Waals surface area contributed by atoms with Crippen LogP contribution in [-0.2, 0) is 20.8 Å². The molecule has 1 N–H and O–H groups in total. The lowest BCUT2D eigenvalue weighted by Crippen LogP contribution is -2.38.